The van der Waals surface area contributed by atoms with Gasteiger partial charge in [0.15, 0.2) is 0 Å². The Hall–Kier alpha value is -2.40. The number of rotatable bonds is 4. The SMILES string of the molecule is O=[N+]([O-])c1ccccc1N[C@@H]1C[C@@H]2CC[C@H]1N2C1Cc2ccccc2C1. The Labute approximate surface area is 153 Å². The fourth-order valence-electron chi connectivity index (χ4n) is 5.46. The van der Waals surface area contributed by atoms with Crippen LogP contribution in [0, 0.1) is 10.1 Å². The second-order valence-electron chi connectivity index (χ2n) is 7.84. The molecule has 5 rings (SSSR count). The molecule has 2 aromatic carbocycles. The predicted octanol–water partition coefficient (Wildman–Crippen LogP) is 3.78. The number of fused-ring (bicyclic) bond motifs is 3. The third-order valence-corrected chi connectivity index (χ3v) is 6.48. The van der Waals surface area contributed by atoms with Crippen LogP contribution >= 0.6 is 0 Å². The van der Waals surface area contributed by atoms with Gasteiger partial charge in [-0.15, -0.1) is 0 Å². The van der Waals surface area contributed by atoms with E-state index in [9.17, 15) is 10.1 Å². The maximum atomic E-state index is 11.3. The molecule has 5 heteroatoms. The Morgan fingerprint density at radius 3 is 2.38 bits per heavy atom. The molecular weight excluding hydrogens is 326 g/mol. The molecule has 5 nitrogen and oxygen atoms in total. The van der Waals surface area contributed by atoms with Crippen molar-refractivity contribution in [3.63, 3.8) is 0 Å². The van der Waals surface area contributed by atoms with Crippen molar-refractivity contribution in [2.75, 3.05) is 5.32 Å². The highest BCUT2D eigenvalue weighted by atomic mass is 16.6. The van der Waals surface area contributed by atoms with Gasteiger partial charge in [0.1, 0.15) is 5.69 Å². The monoisotopic (exact) mass is 349 g/mol. The summed E-state index contributed by atoms with van der Waals surface area (Å²) in [5.41, 5.74) is 3.82. The largest absolute Gasteiger partial charge is 0.375 e. The molecule has 1 N–H and O–H groups in total. The molecule has 1 aliphatic carbocycles. The van der Waals surface area contributed by atoms with Gasteiger partial charge in [-0.2, -0.15) is 0 Å². The van der Waals surface area contributed by atoms with Crippen LogP contribution in [0.25, 0.3) is 0 Å². The average Bonchev–Trinajstić information content (AvgIpc) is 3.33. The molecule has 2 fully saturated rings. The molecule has 2 heterocycles. The lowest BCUT2D eigenvalue weighted by atomic mass is 9.95. The summed E-state index contributed by atoms with van der Waals surface area (Å²) in [6.07, 6.45) is 5.81. The first-order valence-electron chi connectivity index (χ1n) is 9.55. The Morgan fingerprint density at radius 1 is 0.962 bits per heavy atom. The fourth-order valence-corrected chi connectivity index (χ4v) is 5.46. The highest BCUT2D eigenvalue weighted by molar-refractivity contribution is 5.62. The first-order chi connectivity index (χ1) is 12.7. The number of benzene rings is 2. The molecule has 134 valence electrons. The number of hydrogen-bond acceptors (Lipinski definition) is 4. The summed E-state index contributed by atoms with van der Waals surface area (Å²) in [7, 11) is 0. The van der Waals surface area contributed by atoms with E-state index in [0.29, 0.717) is 29.9 Å². The third kappa shape index (κ3) is 2.50. The van der Waals surface area contributed by atoms with E-state index in [-0.39, 0.29) is 10.6 Å². The summed E-state index contributed by atoms with van der Waals surface area (Å²) in [6, 6.07) is 17.8. The van der Waals surface area contributed by atoms with E-state index in [0.717, 1.165) is 19.3 Å². The van der Waals surface area contributed by atoms with Gasteiger partial charge in [0, 0.05) is 30.2 Å². The molecule has 2 bridgehead atoms. The number of anilines is 1. The van der Waals surface area contributed by atoms with E-state index in [4.69, 9.17) is 0 Å². The van der Waals surface area contributed by atoms with E-state index in [1.165, 1.54) is 24.0 Å². The van der Waals surface area contributed by atoms with Crippen LogP contribution < -0.4 is 5.32 Å². The molecular formula is C21H23N3O2. The molecule has 0 amide bonds. The fraction of sp³-hybridized carbons (Fsp3) is 0.429. The van der Waals surface area contributed by atoms with Crippen LogP contribution in [-0.4, -0.2) is 34.0 Å². The number of para-hydroxylation sites is 2. The smallest absolute Gasteiger partial charge is 0.292 e. The highest BCUT2D eigenvalue weighted by Crippen LogP contribution is 2.43. The molecule has 3 atom stereocenters. The minimum atomic E-state index is -0.291. The summed E-state index contributed by atoms with van der Waals surface area (Å²) in [4.78, 5) is 13.7. The summed E-state index contributed by atoms with van der Waals surface area (Å²) < 4.78 is 0. The van der Waals surface area contributed by atoms with Crippen LogP contribution in [0.4, 0.5) is 11.4 Å². The van der Waals surface area contributed by atoms with Crippen molar-refractivity contribution in [1.29, 1.82) is 0 Å². The van der Waals surface area contributed by atoms with Gasteiger partial charge in [0.25, 0.3) is 5.69 Å². The van der Waals surface area contributed by atoms with Crippen LogP contribution in [-0.2, 0) is 12.8 Å². The molecule has 0 aromatic heterocycles. The van der Waals surface area contributed by atoms with Gasteiger partial charge >= 0.3 is 0 Å². The zero-order chi connectivity index (χ0) is 17.7. The second-order valence-corrected chi connectivity index (χ2v) is 7.84. The van der Waals surface area contributed by atoms with Gasteiger partial charge < -0.3 is 5.32 Å². The van der Waals surface area contributed by atoms with Crippen molar-refractivity contribution >= 4 is 11.4 Å². The average molecular weight is 349 g/mol. The number of hydrogen-bond donors (Lipinski definition) is 1. The molecule has 0 radical (unpaired) electrons. The zero-order valence-corrected chi connectivity index (χ0v) is 14.7. The first kappa shape index (κ1) is 15.8. The van der Waals surface area contributed by atoms with Gasteiger partial charge in [-0.1, -0.05) is 36.4 Å². The van der Waals surface area contributed by atoms with Crippen LogP contribution in [0.5, 0.6) is 0 Å². The number of nitrogens with one attached hydrogen (secondary N) is 1. The minimum Gasteiger partial charge on any atom is -0.375 e. The summed E-state index contributed by atoms with van der Waals surface area (Å²) >= 11 is 0. The lowest BCUT2D eigenvalue weighted by Gasteiger charge is -2.30. The Bertz CT molecular complexity index is 828. The van der Waals surface area contributed by atoms with Gasteiger partial charge in [-0.25, -0.2) is 0 Å². The lowest BCUT2D eigenvalue weighted by molar-refractivity contribution is -0.384. The summed E-state index contributed by atoms with van der Waals surface area (Å²) in [5.74, 6) is 0. The quantitative estimate of drug-likeness (QED) is 0.674. The maximum absolute atomic E-state index is 11.3. The summed E-state index contributed by atoms with van der Waals surface area (Å²) in [5, 5.41) is 14.8. The van der Waals surface area contributed by atoms with E-state index in [2.05, 4.69) is 34.5 Å². The normalized spacial score (nSPS) is 27.6. The second kappa shape index (κ2) is 6.09. The van der Waals surface area contributed by atoms with Gasteiger partial charge in [-0.05, 0) is 49.3 Å². The Morgan fingerprint density at radius 2 is 1.65 bits per heavy atom. The summed E-state index contributed by atoms with van der Waals surface area (Å²) in [6.45, 7) is 0. The zero-order valence-electron chi connectivity index (χ0n) is 14.7. The van der Waals surface area contributed by atoms with Gasteiger partial charge in [0.2, 0.25) is 0 Å². The number of nitro benzene ring substituents is 1. The van der Waals surface area contributed by atoms with Crippen molar-refractivity contribution < 1.29 is 4.92 Å². The van der Waals surface area contributed by atoms with Gasteiger partial charge in [-0.3, -0.25) is 15.0 Å². The van der Waals surface area contributed by atoms with Crippen molar-refractivity contribution in [1.82, 2.24) is 4.90 Å². The van der Waals surface area contributed by atoms with E-state index in [1.807, 2.05) is 12.1 Å². The van der Waals surface area contributed by atoms with E-state index >= 15 is 0 Å². The van der Waals surface area contributed by atoms with Gasteiger partial charge in [0.05, 0.1) is 4.92 Å². The molecule has 26 heavy (non-hydrogen) atoms. The Kier molecular flexibility index (Phi) is 3.71. The van der Waals surface area contributed by atoms with Crippen molar-refractivity contribution in [3.8, 4) is 0 Å². The number of nitrogens with zero attached hydrogens (tertiary/aromatic N) is 2. The molecule has 3 aliphatic rings. The lowest BCUT2D eigenvalue weighted by Crippen LogP contribution is -2.43. The Balaban J connectivity index is 1.35. The highest BCUT2D eigenvalue weighted by Gasteiger charge is 2.49. The molecule has 2 aromatic rings. The van der Waals surface area contributed by atoms with Crippen LogP contribution in [0.3, 0.4) is 0 Å². The van der Waals surface area contributed by atoms with Crippen molar-refractivity contribution in [3.05, 3.63) is 69.8 Å². The topological polar surface area (TPSA) is 58.4 Å². The predicted molar refractivity (Wildman–Crippen MR) is 101 cm³/mol. The minimum absolute atomic E-state index is 0.176. The molecule has 2 saturated heterocycles. The number of nitro groups is 1. The molecule has 2 aliphatic heterocycles. The van der Waals surface area contributed by atoms with Crippen molar-refractivity contribution in [2.45, 2.75) is 56.3 Å². The standard InChI is InChI=1S/C21H23N3O2/c25-24(26)21-8-4-3-7-18(21)22-19-13-16-9-10-20(19)23(16)17-11-14-5-1-2-6-15(14)12-17/h1-8,16-17,19-20,22H,9-13H2/t16-,19+,20+/m0/s1. The maximum Gasteiger partial charge on any atom is 0.292 e. The molecule has 0 spiro atoms. The van der Waals surface area contributed by atoms with Crippen molar-refractivity contribution in [2.24, 2.45) is 0 Å². The van der Waals surface area contributed by atoms with E-state index < -0.39 is 0 Å². The molecule has 0 unspecified atom stereocenters. The third-order valence-electron chi connectivity index (χ3n) is 6.48. The van der Waals surface area contributed by atoms with Crippen LogP contribution in [0.15, 0.2) is 48.5 Å². The van der Waals surface area contributed by atoms with Crippen LogP contribution in [0.1, 0.15) is 30.4 Å². The molecule has 0 saturated carbocycles. The van der Waals surface area contributed by atoms with E-state index in [1.54, 1.807) is 12.1 Å². The van der Waals surface area contributed by atoms with Crippen LogP contribution in [0.2, 0.25) is 0 Å². The first-order valence-corrected chi connectivity index (χ1v) is 9.55.